The number of carbonyl (C=O) groups excluding carboxylic acids is 1. The van der Waals surface area contributed by atoms with Gasteiger partial charge in [0.25, 0.3) is 0 Å². The molecule has 1 saturated heterocycles. The molecule has 2 aromatic rings. The predicted molar refractivity (Wildman–Crippen MR) is 107 cm³/mol. The standard InChI is InChI=1S/C21H26N2O4S/c1-17-3-2-4-19(15-17)16-22-21(24)10-7-18-5-8-20(9-6-18)28(25,26)23-11-13-27-14-12-23/h2-6,8-9,15H,7,10-14,16H2,1H3,(H,22,24). The van der Waals surface area contributed by atoms with Crippen LogP contribution in [0.4, 0.5) is 0 Å². The average molecular weight is 403 g/mol. The fourth-order valence-corrected chi connectivity index (χ4v) is 4.54. The Morgan fingerprint density at radius 2 is 1.79 bits per heavy atom. The van der Waals surface area contributed by atoms with Crippen molar-refractivity contribution in [2.24, 2.45) is 0 Å². The van der Waals surface area contributed by atoms with Crippen molar-refractivity contribution in [2.75, 3.05) is 26.3 Å². The van der Waals surface area contributed by atoms with Gasteiger partial charge in [-0.15, -0.1) is 0 Å². The van der Waals surface area contributed by atoms with Crippen LogP contribution in [0.25, 0.3) is 0 Å². The number of hydrogen-bond acceptors (Lipinski definition) is 4. The molecule has 1 heterocycles. The summed E-state index contributed by atoms with van der Waals surface area (Å²) in [6, 6.07) is 14.8. The Balaban J connectivity index is 1.50. The summed E-state index contributed by atoms with van der Waals surface area (Å²) in [5, 5.41) is 2.92. The summed E-state index contributed by atoms with van der Waals surface area (Å²) in [4.78, 5) is 12.4. The van der Waals surface area contributed by atoms with E-state index in [1.54, 1.807) is 24.3 Å². The Kier molecular flexibility index (Phi) is 6.83. The molecule has 0 saturated carbocycles. The number of hydrogen-bond donors (Lipinski definition) is 1. The molecule has 0 unspecified atom stereocenters. The lowest BCUT2D eigenvalue weighted by atomic mass is 10.1. The van der Waals surface area contributed by atoms with Crippen LogP contribution in [0.2, 0.25) is 0 Å². The van der Waals surface area contributed by atoms with Crippen molar-refractivity contribution >= 4 is 15.9 Å². The van der Waals surface area contributed by atoms with Gasteiger partial charge in [0.15, 0.2) is 0 Å². The van der Waals surface area contributed by atoms with E-state index in [1.165, 1.54) is 9.87 Å². The summed E-state index contributed by atoms with van der Waals surface area (Å²) >= 11 is 0. The van der Waals surface area contributed by atoms with E-state index in [2.05, 4.69) is 5.32 Å². The van der Waals surface area contributed by atoms with E-state index in [0.717, 1.165) is 11.1 Å². The smallest absolute Gasteiger partial charge is 0.243 e. The molecule has 0 aliphatic carbocycles. The molecule has 1 aliphatic rings. The third-order valence-electron chi connectivity index (χ3n) is 4.74. The van der Waals surface area contributed by atoms with Gasteiger partial charge in [-0.1, -0.05) is 42.0 Å². The second-order valence-corrected chi connectivity index (χ2v) is 8.86. The third-order valence-corrected chi connectivity index (χ3v) is 6.66. The second-order valence-electron chi connectivity index (χ2n) is 6.93. The van der Waals surface area contributed by atoms with Crippen molar-refractivity contribution in [3.63, 3.8) is 0 Å². The van der Waals surface area contributed by atoms with Crippen LogP contribution in [0.5, 0.6) is 0 Å². The van der Waals surface area contributed by atoms with Gasteiger partial charge in [0.2, 0.25) is 15.9 Å². The van der Waals surface area contributed by atoms with Gasteiger partial charge in [0, 0.05) is 26.1 Å². The van der Waals surface area contributed by atoms with Crippen LogP contribution in [0.15, 0.2) is 53.4 Å². The molecule has 1 aliphatic heterocycles. The Labute approximate surface area is 166 Å². The van der Waals surface area contributed by atoms with Gasteiger partial charge in [-0.25, -0.2) is 8.42 Å². The maximum Gasteiger partial charge on any atom is 0.243 e. The zero-order valence-corrected chi connectivity index (χ0v) is 16.9. The van der Waals surface area contributed by atoms with Crippen LogP contribution >= 0.6 is 0 Å². The molecule has 1 N–H and O–H groups in total. The Morgan fingerprint density at radius 1 is 1.07 bits per heavy atom. The fourth-order valence-electron chi connectivity index (χ4n) is 3.13. The van der Waals surface area contributed by atoms with E-state index >= 15 is 0 Å². The first-order valence-electron chi connectivity index (χ1n) is 9.44. The lowest BCUT2D eigenvalue weighted by molar-refractivity contribution is -0.121. The molecule has 0 aromatic heterocycles. The van der Waals surface area contributed by atoms with Crippen LogP contribution in [0.1, 0.15) is 23.1 Å². The van der Waals surface area contributed by atoms with Gasteiger partial charge in [-0.2, -0.15) is 4.31 Å². The number of nitrogens with one attached hydrogen (secondary N) is 1. The van der Waals surface area contributed by atoms with Crippen molar-refractivity contribution in [3.05, 3.63) is 65.2 Å². The number of sulfonamides is 1. The Hall–Kier alpha value is -2.22. The van der Waals surface area contributed by atoms with E-state index in [4.69, 9.17) is 4.74 Å². The highest BCUT2D eigenvalue weighted by Gasteiger charge is 2.26. The number of amides is 1. The zero-order chi connectivity index (χ0) is 20.0. The number of ether oxygens (including phenoxy) is 1. The quantitative estimate of drug-likeness (QED) is 0.771. The SMILES string of the molecule is Cc1cccc(CNC(=O)CCc2ccc(S(=O)(=O)N3CCOCC3)cc2)c1. The summed E-state index contributed by atoms with van der Waals surface area (Å²) in [7, 11) is -3.48. The average Bonchev–Trinajstić information content (AvgIpc) is 2.72. The molecule has 1 amide bonds. The van der Waals surface area contributed by atoms with Crippen LogP contribution in [-0.2, 0) is 32.5 Å². The predicted octanol–water partition coefficient (Wildman–Crippen LogP) is 2.26. The van der Waals surface area contributed by atoms with E-state index in [-0.39, 0.29) is 10.8 Å². The van der Waals surface area contributed by atoms with Crippen molar-refractivity contribution in [1.29, 1.82) is 0 Å². The number of rotatable bonds is 7. The number of nitrogens with zero attached hydrogens (tertiary/aromatic N) is 1. The summed E-state index contributed by atoms with van der Waals surface area (Å²) in [5.74, 6) is -0.0217. The molecule has 3 rings (SSSR count). The van der Waals surface area contributed by atoms with Gasteiger partial charge in [0.05, 0.1) is 18.1 Å². The van der Waals surface area contributed by atoms with Crippen LogP contribution < -0.4 is 5.32 Å². The molecule has 2 aromatic carbocycles. The van der Waals surface area contributed by atoms with Crippen molar-refractivity contribution in [1.82, 2.24) is 9.62 Å². The molecule has 0 radical (unpaired) electrons. The summed E-state index contributed by atoms with van der Waals surface area (Å²) in [6.07, 6.45) is 0.929. The number of carbonyl (C=O) groups is 1. The first-order chi connectivity index (χ1) is 13.4. The number of aryl methyl sites for hydroxylation is 2. The van der Waals surface area contributed by atoms with Crippen molar-refractivity contribution in [2.45, 2.75) is 31.2 Å². The van der Waals surface area contributed by atoms with Crippen LogP contribution in [0.3, 0.4) is 0 Å². The lowest BCUT2D eigenvalue weighted by Crippen LogP contribution is -2.40. The van der Waals surface area contributed by atoms with Crippen molar-refractivity contribution < 1.29 is 17.9 Å². The Morgan fingerprint density at radius 3 is 2.46 bits per heavy atom. The molecule has 0 atom stereocenters. The van der Waals surface area contributed by atoms with E-state index in [0.29, 0.717) is 45.7 Å². The minimum atomic E-state index is -3.48. The zero-order valence-electron chi connectivity index (χ0n) is 16.1. The summed E-state index contributed by atoms with van der Waals surface area (Å²) in [5.41, 5.74) is 3.18. The molecule has 1 fully saturated rings. The molecule has 0 spiro atoms. The number of benzene rings is 2. The van der Waals surface area contributed by atoms with Crippen molar-refractivity contribution in [3.8, 4) is 0 Å². The number of morpholine rings is 1. The first kappa shape index (κ1) is 20.5. The molecule has 28 heavy (non-hydrogen) atoms. The highest BCUT2D eigenvalue weighted by molar-refractivity contribution is 7.89. The van der Waals surface area contributed by atoms with E-state index in [9.17, 15) is 13.2 Å². The minimum absolute atomic E-state index is 0.0217. The minimum Gasteiger partial charge on any atom is -0.379 e. The lowest BCUT2D eigenvalue weighted by Gasteiger charge is -2.26. The second kappa shape index (κ2) is 9.32. The first-order valence-corrected chi connectivity index (χ1v) is 10.9. The summed E-state index contributed by atoms with van der Waals surface area (Å²) < 4.78 is 31.9. The largest absolute Gasteiger partial charge is 0.379 e. The highest BCUT2D eigenvalue weighted by Crippen LogP contribution is 2.18. The maximum absolute atomic E-state index is 12.6. The molecule has 7 heteroatoms. The summed E-state index contributed by atoms with van der Waals surface area (Å²) in [6.45, 7) is 4.14. The van der Waals surface area contributed by atoms with Gasteiger partial charge in [-0.3, -0.25) is 4.79 Å². The highest BCUT2D eigenvalue weighted by atomic mass is 32.2. The molecular formula is C21H26N2O4S. The van der Waals surface area contributed by atoms with E-state index in [1.807, 2.05) is 31.2 Å². The molecule has 150 valence electrons. The maximum atomic E-state index is 12.6. The van der Waals surface area contributed by atoms with Gasteiger partial charge >= 0.3 is 0 Å². The molecule has 0 bridgehead atoms. The third kappa shape index (κ3) is 5.41. The van der Waals surface area contributed by atoms with Gasteiger partial charge in [0.1, 0.15) is 0 Å². The van der Waals surface area contributed by atoms with Gasteiger partial charge < -0.3 is 10.1 Å². The molecule has 6 nitrogen and oxygen atoms in total. The van der Waals surface area contributed by atoms with E-state index < -0.39 is 10.0 Å². The monoisotopic (exact) mass is 402 g/mol. The Bertz CT molecular complexity index is 904. The van der Waals surface area contributed by atoms with Crippen LogP contribution in [-0.4, -0.2) is 44.9 Å². The topological polar surface area (TPSA) is 75.7 Å². The normalized spacial score (nSPS) is 15.3. The molecular weight excluding hydrogens is 376 g/mol. The van der Waals surface area contributed by atoms with Gasteiger partial charge in [-0.05, 0) is 36.6 Å². The van der Waals surface area contributed by atoms with Crippen LogP contribution in [0, 0.1) is 6.92 Å². The fraction of sp³-hybridized carbons (Fsp3) is 0.381.